The normalized spacial score (nSPS) is 10.6. The molecule has 0 aliphatic carbocycles. The molecule has 29 heavy (non-hydrogen) atoms. The molecular weight excluding hydrogens is 366 g/mol. The second kappa shape index (κ2) is 10.2. The van der Waals surface area contributed by atoms with Crippen LogP contribution >= 0.6 is 0 Å². The van der Waals surface area contributed by atoms with Gasteiger partial charge in [0.2, 0.25) is 0 Å². The maximum atomic E-state index is 12.9. The molecule has 1 heterocycles. The van der Waals surface area contributed by atoms with Crippen LogP contribution in [0.15, 0.2) is 73.1 Å². The van der Waals surface area contributed by atoms with Crippen molar-refractivity contribution >= 4 is 11.7 Å². The summed E-state index contributed by atoms with van der Waals surface area (Å²) in [5.74, 6) is 0.600. The van der Waals surface area contributed by atoms with Crippen LogP contribution in [0.5, 0.6) is 11.8 Å². The Morgan fingerprint density at radius 2 is 1.62 bits per heavy atom. The Hall–Kier alpha value is -3.45. The van der Waals surface area contributed by atoms with Crippen molar-refractivity contribution in [1.29, 1.82) is 0 Å². The number of hydrogen-bond acceptors (Lipinski definition) is 5. The highest BCUT2D eigenvalue weighted by molar-refractivity contribution is 5.89. The first-order valence-corrected chi connectivity index (χ1v) is 9.39. The van der Waals surface area contributed by atoms with Crippen molar-refractivity contribution in [2.24, 2.45) is 0 Å². The minimum atomic E-state index is -0.143. The number of anilines is 1. The highest BCUT2D eigenvalue weighted by Gasteiger charge is 2.14. The van der Waals surface area contributed by atoms with Crippen LogP contribution in [0.3, 0.4) is 0 Å². The predicted molar refractivity (Wildman–Crippen MR) is 113 cm³/mol. The maximum Gasteiger partial charge on any atom is 0.322 e. The van der Waals surface area contributed by atoms with Crippen LogP contribution in [0.2, 0.25) is 0 Å². The molecule has 7 nitrogen and oxygen atoms in total. The molecule has 2 amide bonds. The standard InChI is InChI=1S/C22H25N5O2/c1-26(2)15-16-27(17-18-7-4-3-5-8-18)22(28)25-19-9-11-20(12-10-19)29-21-23-13-6-14-24-21/h3-14H,15-17H2,1-2H3,(H,25,28). The number of amides is 2. The van der Waals surface area contributed by atoms with Crippen LogP contribution in [0.4, 0.5) is 10.5 Å². The van der Waals surface area contributed by atoms with Crippen molar-refractivity contribution in [3.63, 3.8) is 0 Å². The first-order chi connectivity index (χ1) is 14.1. The monoisotopic (exact) mass is 391 g/mol. The Labute approximate surface area is 171 Å². The number of nitrogens with one attached hydrogen (secondary N) is 1. The van der Waals surface area contributed by atoms with E-state index in [9.17, 15) is 4.79 Å². The minimum Gasteiger partial charge on any atom is -0.424 e. The molecule has 0 spiro atoms. The molecule has 7 heteroatoms. The SMILES string of the molecule is CN(C)CCN(Cc1ccccc1)C(=O)Nc1ccc(Oc2ncccn2)cc1. The van der Waals surface area contributed by atoms with Gasteiger partial charge in [-0.05, 0) is 50.0 Å². The molecule has 1 N–H and O–H groups in total. The van der Waals surface area contributed by atoms with Gasteiger partial charge in [0.15, 0.2) is 0 Å². The number of nitrogens with zero attached hydrogens (tertiary/aromatic N) is 4. The lowest BCUT2D eigenvalue weighted by atomic mass is 10.2. The van der Waals surface area contributed by atoms with Crippen molar-refractivity contribution in [2.75, 3.05) is 32.5 Å². The van der Waals surface area contributed by atoms with Crippen molar-refractivity contribution < 1.29 is 9.53 Å². The van der Waals surface area contributed by atoms with E-state index in [4.69, 9.17) is 4.74 Å². The van der Waals surface area contributed by atoms with Crippen LogP contribution in [-0.2, 0) is 6.54 Å². The summed E-state index contributed by atoms with van der Waals surface area (Å²) in [5, 5.41) is 2.96. The lowest BCUT2D eigenvalue weighted by Crippen LogP contribution is -2.39. The molecule has 3 aromatic rings. The van der Waals surface area contributed by atoms with Crippen LogP contribution < -0.4 is 10.1 Å². The van der Waals surface area contributed by atoms with E-state index < -0.39 is 0 Å². The summed E-state index contributed by atoms with van der Waals surface area (Å²) in [6.07, 6.45) is 3.23. The molecule has 150 valence electrons. The third-order valence-corrected chi connectivity index (χ3v) is 4.18. The van der Waals surface area contributed by atoms with Crippen LogP contribution in [0, 0.1) is 0 Å². The summed E-state index contributed by atoms with van der Waals surface area (Å²) in [6, 6.07) is 19.0. The van der Waals surface area contributed by atoms with Crippen molar-refractivity contribution in [3.8, 4) is 11.8 Å². The zero-order valence-electron chi connectivity index (χ0n) is 16.7. The number of urea groups is 1. The molecule has 0 unspecified atom stereocenters. The fourth-order valence-corrected chi connectivity index (χ4v) is 2.63. The van der Waals surface area contributed by atoms with E-state index >= 15 is 0 Å². The lowest BCUT2D eigenvalue weighted by Gasteiger charge is -2.25. The van der Waals surface area contributed by atoms with Gasteiger partial charge in [-0.25, -0.2) is 14.8 Å². The summed E-state index contributed by atoms with van der Waals surface area (Å²) >= 11 is 0. The van der Waals surface area contributed by atoms with Crippen LogP contribution in [0.1, 0.15) is 5.56 Å². The van der Waals surface area contributed by atoms with Gasteiger partial charge in [0, 0.05) is 37.7 Å². The average Bonchev–Trinajstić information content (AvgIpc) is 2.74. The largest absolute Gasteiger partial charge is 0.424 e. The second-order valence-electron chi connectivity index (χ2n) is 6.80. The number of aromatic nitrogens is 2. The predicted octanol–water partition coefficient (Wildman–Crippen LogP) is 3.86. The van der Waals surface area contributed by atoms with E-state index in [1.165, 1.54) is 0 Å². The van der Waals surface area contributed by atoms with Crippen LogP contribution in [-0.4, -0.2) is 53.0 Å². The Bertz CT molecular complexity index is 886. The van der Waals surface area contributed by atoms with Gasteiger partial charge in [-0.15, -0.1) is 0 Å². The number of benzene rings is 2. The second-order valence-corrected chi connectivity index (χ2v) is 6.80. The first kappa shape index (κ1) is 20.3. The van der Waals surface area contributed by atoms with E-state index in [0.717, 1.165) is 12.1 Å². The molecule has 0 fully saturated rings. The van der Waals surface area contributed by atoms with Crippen molar-refractivity contribution in [3.05, 3.63) is 78.6 Å². The van der Waals surface area contributed by atoms with E-state index in [1.807, 2.05) is 44.4 Å². The molecule has 0 saturated carbocycles. The zero-order valence-corrected chi connectivity index (χ0v) is 16.7. The third kappa shape index (κ3) is 6.58. The highest BCUT2D eigenvalue weighted by atomic mass is 16.5. The topological polar surface area (TPSA) is 70.6 Å². The Balaban J connectivity index is 1.63. The number of carbonyl (C=O) groups excluding carboxylic acids is 1. The highest BCUT2D eigenvalue weighted by Crippen LogP contribution is 2.20. The molecule has 3 rings (SSSR count). The molecule has 0 aliphatic rings. The number of rotatable bonds is 8. The molecule has 2 aromatic carbocycles. The van der Waals surface area contributed by atoms with Gasteiger partial charge in [0.25, 0.3) is 0 Å². The number of carbonyl (C=O) groups is 1. The molecular formula is C22H25N5O2. The quantitative estimate of drug-likeness (QED) is 0.631. The van der Waals surface area contributed by atoms with Crippen molar-refractivity contribution in [2.45, 2.75) is 6.54 Å². The fourth-order valence-electron chi connectivity index (χ4n) is 2.63. The zero-order chi connectivity index (χ0) is 20.5. The first-order valence-electron chi connectivity index (χ1n) is 9.39. The van der Waals surface area contributed by atoms with Crippen molar-refractivity contribution in [1.82, 2.24) is 19.8 Å². The van der Waals surface area contributed by atoms with Gasteiger partial charge >= 0.3 is 12.0 Å². The fraction of sp³-hybridized carbons (Fsp3) is 0.227. The smallest absolute Gasteiger partial charge is 0.322 e. The molecule has 0 aliphatic heterocycles. The summed E-state index contributed by atoms with van der Waals surface area (Å²) in [5.41, 5.74) is 1.78. The number of hydrogen-bond donors (Lipinski definition) is 1. The van der Waals surface area contributed by atoms with E-state index in [-0.39, 0.29) is 12.0 Å². The number of likely N-dealkylation sites (N-methyl/N-ethyl adjacent to an activating group) is 1. The summed E-state index contributed by atoms with van der Waals surface area (Å²) in [4.78, 5) is 24.8. The third-order valence-electron chi connectivity index (χ3n) is 4.18. The molecule has 0 radical (unpaired) electrons. The molecule has 0 saturated heterocycles. The van der Waals surface area contributed by atoms with Gasteiger partial charge < -0.3 is 19.9 Å². The Kier molecular flexibility index (Phi) is 7.13. The summed E-state index contributed by atoms with van der Waals surface area (Å²) < 4.78 is 5.58. The van der Waals surface area contributed by atoms with E-state index in [0.29, 0.717) is 24.5 Å². The van der Waals surface area contributed by atoms with Crippen LogP contribution in [0.25, 0.3) is 0 Å². The molecule has 0 bridgehead atoms. The van der Waals surface area contributed by atoms with Gasteiger partial charge in [0.1, 0.15) is 5.75 Å². The minimum absolute atomic E-state index is 0.143. The summed E-state index contributed by atoms with van der Waals surface area (Å²) in [6.45, 7) is 1.96. The maximum absolute atomic E-state index is 12.9. The van der Waals surface area contributed by atoms with E-state index in [1.54, 1.807) is 47.6 Å². The van der Waals surface area contributed by atoms with Gasteiger partial charge in [0.05, 0.1) is 0 Å². The summed E-state index contributed by atoms with van der Waals surface area (Å²) in [7, 11) is 3.99. The Morgan fingerprint density at radius 1 is 0.931 bits per heavy atom. The lowest BCUT2D eigenvalue weighted by molar-refractivity contribution is 0.202. The average molecular weight is 391 g/mol. The number of ether oxygens (including phenoxy) is 1. The Morgan fingerprint density at radius 3 is 2.28 bits per heavy atom. The van der Waals surface area contributed by atoms with Gasteiger partial charge in [-0.2, -0.15) is 0 Å². The van der Waals surface area contributed by atoms with Gasteiger partial charge in [-0.1, -0.05) is 30.3 Å². The van der Waals surface area contributed by atoms with E-state index in [2.05, 4.69) is 20.2 Å². The molecule has 0 atom stereocenters. The molecule has 1 aromatic heterocycles. The van der Waals surface area contributed by atoms with Gasteiger partial charge in [-0.3, -0.25) is 0 Å².